The first kappa shape index (κ1) is 24.8. The molecule has 0 saturated carbocycles. The van der Waals surface area contributed by atoms with Gasteiger partial charge in [0, 0.05) is 18.0 Å². The van der Waals surface area contributed by atoms with E-state index in [1.807, 2.05) is 38.2 Å². The molecule has 0 fully saturated rings. The van der Waals surface area contributed by atoms with Gasteiger partial charge in [-0.2, -0.15) is 0 Å². The minimum Gasteiger partial charge on any atom is -0.306 e. The first-order chi connectivity index (χ1) is 20.3. The summed E-state index contributed by atoms with van der Waals surface area (Å²) in [5.74, 6) is 0. The molecule has 196 valence electrons. The minimum atomic E-state index is 0.956. The topological polar surface area (TPSA) is 17.3 Å². The number of hydrogen-bond acceptors (Lipinski definition) is 1. The molecule has 2 nitrogen and oxygen atoms in total. The Morgan fingerprint density at radius 3 is 1.61 bits per heavy atom. The van der Waals surface area contributed by atoms with Gasteiger partial charge in [0.25, 0.3) is 0 Å². The van der Waals surface area contributed by atoms with E-state index in [0.29, 0.717) is 0 Å². The van der Waals surface area contributed by atoms with Gasteiger partial charge in [-0.1, -0.05) is 129 Å². The minimum absolute atomic E-state index is 0.956. The number of aromatic nitrogens is 2. The Kier molecular flexibility index (Phi) is 6.29. The van der Waals surface area contributed by atoms with Crippen LogP contribution in [0.15, 0.2) is 146 Å². The molecule has 2 aromatic heterocycles. The van der Waals surface area contributed by atoms with Crippen molar-refractivity contribution in [3.8, 4) is 33.5 Å². The Labute approximate surface area is 240 Å². The SMILES string of the molecule is CC.c1ccc2cc(-c3c4ccccc4c(-c4ccc(-c5cn6ccccc6n5)cc4)c4ccccc34)ccc2c1. The van der Waals surface area contributed by atoms with Crippen LogP contribution in [0.5, 0.6) is 0 Å². The molecule has 0 unspecified atom stereocenters. The number of nitrogens with zero attached hydrogens (tertiary/aromatic N) is 2. The summed E-state index contributed by atoms with van der Waals surface area (Å²) < 4.78 is 2.07. The molecule has 0 radical (unpaired) electrons. The quantitative estimate of drug-likeness (QED) is 0.209. The number of rotatable bonds is 3. The highest BCUT2D eigenvalue weighted by atomic mass is 15.0. The monoisotopic (exact) mass is 526 g/mol. The third-order valence-corrected chi connectivity index (χ3v) is 7.80. The average Bonchev–Trinajstić information content (AvgIpc) is 3.49. The van der Waals surface area contributed by atoms with Crippen molar-refractivity contribution in [2.45, 2.75) is 13.8 Å². The number of imidazole rings is 1. The normalized spacial score (nSPS) is 11.2. The van der Waals surface area contributed by atoms with Crippen LogP contribution in [0.25, 0.3) is 71.5 Å². The molecule has 0 aliphatic carbocycles. The molecule has 2 heteroatoms. The van der Waals surface area contributed by atoms with E-state index in [9.17, 15) is 0 Å². The third kappa shape index (κ3) is 4.25. The van der Waals surface area contributed by atoms with Gasteiger partial charge in [0.15, 0.2) is 0 Å². The van der Waals surface area contributed by atoms with Crippen molar-refractivity contribution in [3.05, 3.63) is 146 Å². The smallest absolute Gasteiger partial charge is 0.137 e. The molecule has 0 aliphatic heterocycles. The average molecular weight is 527 g/mol. The first-order valence-electron chi connectivity index (χ1n) is 14.3. The Bertz CT molecular complexity index is 2080. The van der Waals surface area contributed by atoms with E-state index in [0.717, 1.165) is 16.9 Å². The fraction of sp³-hybridized carbons (Fsp3) is 0.0513. The number of benzene rings is 6. The fourth-order valence-corrected chi connectivity index (χ4v) is 5.98. The molecule has 8 rings (SSSR count). The molecule has 0 saturated heterocycles. The van der Waals surface area contributed by atoms with Crippen molar-refractivity contribution in [3.63, 3.8) is 0 Å². The van der Waals surface area contributed by atoms with Gasteiger partial charge in [-0.05, 0) is 72.8 Å². The number of hydrogen-bond donors (Lipinski definition) is 0. The van der Waals surface area contributed by atoms with Crippen molar-refractivity contribution in [2.24, 2.45) is 0 Å². The molecule has 0 atom stereocenters. The molecular weight excluding hydrogens is 496 g/mol. The lowest BCUT2D eigenvalue weighted by atomic mass is 9.85. The van der Waals surface area contributed by atoms with Crippen LogP contribution in [0, 0.1) is 0 Å². The summed E-state index contributed by atoms with van der Waals surface area (Å²) in [5.41, 5.74) is 8.06. The highest BCUT2D eigenvalue weighted by molar-refractivity contribution is 6.21. The second kappa shape index (κ2) is 10.4. The number of pyridine rings is 1. The molecule has 2 heterocycles. The number of fused-ring (bicyclic) bond motifs is 4. The maximum absolute atomic E-state index is 4.81. The van der Waals surface area contributed by atoms with E-state index < -0.39 is 0 Å². The molecule has 6 aromatic carbocycles. The largest absolute Gasteiger partial charge is 0.306 e. The van der Waals surface area contributed by atoms with Gasteiger partial charge in [-0.15, -0.1) is 0 Å². The summed E-state index contributed by atoms with van der Waals surface area (Å²) >= 11 is 0. The van der Waals surface area contributed by atoms with Crippen molar-refractivity contribution < 1.29 is 0 Å². The Hall–Kier alpha value is -5.21. The molecule has 41 heavy (non-hydrogen) atoms. The van der Waals surface area contributed by atoms with Crippen LogP contribution in [0.4, 0.5) is 0 Å². The van der Waals surface area contributed by atoms with Crippen LogP contribution in [0.2, 0.25) is 0 Å². The molecule has 0 amide bonds. The maximum atomic E-state index is 4.81. The summed E-state index contributed by atoms with van der Waals surface area (Å²) in [7, 11) is 0. The van der Waals surface area contributed by atoms with Crippen molar-refractivity contribution >= 4 is 38.0 Å². The summed E-state index contributed by atoms with van der Waals surface area (Å²) in [6, 6.07) is 48.0. The second-order valence-electron chi connectivity index (χ2n) is 10.1. The van der Waals surface area contributed by atoms with E-state index in [1.165, 1.54) is 54.6 Å². The molecule has 0 N–H and O–H groups in total. The third-order valence-electron chi connectivity index (χ3n) is 7.80. The summed E-state index contributed by atoms with van der Waals surface area (Å²) in [4.78, 5) is 4.81. The van der Waals surface area contributed by atoms with Crippen LogP contribution in [-0.4, -0.2) is 9.38 Å². The summed E-state index contributed by atoms with van der Waals surface area (Å²) in [6.07, 6.45) is 4.13. The van der Waals surface area contributed by atoms with Gasteiger partial charge in [-0.25, -0.2) is 4.98 Å². The van der Waals surface area contributed by atoms with E-state index in [1.54, 1.807) is 0 Å². The van der Waals surface area contributed by atoms with E-state index in [2.05, 4.69) is 126 Å². The van der Waals surface area contributed by atoms with Gasteiger partial charge in [-0.3, -0.25) is 0 Å². The fourth-order valence-electron chi connectivity index (χ4n) is 5.98. The standard InChI is InChI=1S/C37H24N2.C2H6/c1-2-10-28-23-29(21-16-25(28)9-1)37-32-13-5-3-11-30(32)36(31-12-4-6-14-33(31)37)27-19-17-26(18-20-27)34-24-39-22-8-7-15-35(39)38-34;1-2/h1-24H;1-2H3. The molecule has 0 aliphatic rings. The van der Waals surface area contributed by atoms with Crippen LogP contribution in [0.3, 0.4) is 0 Å². The Morgan fingerprint density at radius 2 is 0.976 bits per heavy atom. The van der Waals surface area contributed by atoms with E-state index in [4.69, 9.17) is 4.98 Å². The summed E-state index contributed by atoms with van der Waals surface area (Å²) in [6.45, 7) is 4.00. The molecule has 0 spiro atoms. The van der Waals surface area contributed by atoms with Crippen molar-refractivity contribution in [1.82, 2.24) is 9.38 Å². The van der Waals surface area contributed by atoms with E-state index in [-0.39, 0.29) is 0 Å². The van der Waals surface area contributed by atoms with Gasteiger partial charge >= 0.3 is 0 Å². The van der Waals surface area contributed by atoms with Gasteiger partial charge in [0.05, 0.1) is 5.69 Å². The first-order valence-corrected chi connectivity index (χ1v) is 14.3. The molecule has 8 aromatic rings. The maximum Gasteiger partial charge on any atom is 0.137 e. The molecular formula is C39H30N2. The Morgan fingerprint density at radius 1 is 0.463 bits per heavy atom. The van der Waals surface area contributed by atoms with Crippen LogP contribution < -0.4 is 0 Å². The highest BCUT2D eigenvalue weighted by Crippen LogP contribution is 2.44. The highest BCUT2D eigenvalue weighted by Gasteiger charge is 2.17. The van der Waals surface area contributed by atoms with Gasteiger partial charge in [0.2, 0.25) is 0 Å². The second-order valence-corrected chi connectivity index (χ2v) is 10.1. The van der Waals surface area contributed by atoms with Gasteiger partial charge < -0.3 is 4.40 Å². The predicted molar refractivity (Wildman–Crippen MR) is 175 cm³/mol. The zero-order chi connectivity index (χ0) is 27.8. The zero-order valence-electron chi connectivity index (χ0n) is 23.3. The van der Waals surface area contributed by atoms with Crippen LogP contribution >= 0.6 is 0 Å². The van der Waals surface area contributed by atoms with Crippen molar-refractivity contribution in [2.75, 3.05) is 0 Å². The van der Waals surface area contributed by atoms with Crippen molar-refractivity contribution in [1.29, 1.82) is 0 Å². The van der Waals surface area contributed by atoms with E-state index >= 15 is 0 Å². The van der Waals surface area contributed by atoms with Crippen LogP contribution in [-0.2, 0) is 0 Å². The van der Waals surface area contributed by atoms with Crippen LogP contribution in [0.1, 0.15) is 13.8 Å². The predicted octanol–water partition coefficient (Wildman–Crippen LogP) is 10.8. The lowest BCUT2D eigenvalue weighted by molar-refractivity contribution is 1.19. The molecule has 0 bridgehead atoms. The zero-order valence-corrected chi connectivity index (χ0v) is 23.3. The lowest BCUT2D eigenvalue weighted by Gasteiger charge is -2.18. The Balaban J connectivity index is 0.00000135. The summed E-state index contributed by atoms with van der Waals surface area (Å²) in [5, 5.41) is 7.59. The lowest BCUT2D eigenvalue weighted by Crippen LogP contribution is -1.91. The van der Waals surface area contributed by atoms with Gasteiger partial charge in [0.1, 0.15) is 5.65 Å².